The first kappa shape index (κ1) is 20.8. The normalized spacial score (nSPS) is 15.2. The molecule has 136 valence electrons. The summed E-state index contributed by atoms with van der Waals surface area (Å²) in [5.74, 6) is 2.32. The predicted molar refractivity (Wildman–Crippen MR) is 101 cm³/mol. The van der Waals surface area contributed by atoms with Gasteiger partial charge < -0.3 is 15.0 Å². The Hall–Kier alpha value is -1.26. The third-order valence-corrected chi connectivity index (χ3v) is 4.46. The van der Waals surface area contributed by atoms with Crippen molar-refractivity contribution in [2.75, 3.05) is 33.3 Å². The summed E-state index contributed by atoms with van der Waals surface area (Å²) in [5, 5.41) is 3.23. The molecule has 0 saturated carbocycles. The van der Waals surface area contributed by atoms with Gasteiger partial charge >= 0.3 is 0 Å². The van der Waals surface area contributed by atoms with Crippen molar-refractivity contribution in [2.45, 2.75) is 33.1 Å². The molecule has 0 aliphatic carbocycles. The van der Waals surface area contributed by atoms with Gasteiger partial charge in [0.15, 0.2) is 0 Å². The molecule has 1 aliphatic rings. The number of carbonyl (C=O) groups is 1. The quantitative estimate of drug-likeness (QED) is 0.813. The highest BCUT2D eigenvalue weighted by Gasteiger charge is 2.23. The van der Waals surface area contributed by atoms with E-state index in [1.165, 1.54) is 0 Å². The van der Waals surface area contributed by atoms with Crippen LogP contribution in [0.15, 0.2) is 24.3 Å². The fourth-order valence-corrected chi connectivity index (χ4v) is 2.92. The van der Waals surface area contributed by atoms with Crippen LogP contribution in [0.2, 0.25) is 0 Å². The van der Waals surface area contributed by atoms with Gasteiger partial charge in [-0.05, 0) is 69.0 Å². The smallest absolute Gasteiger partial charge is 0.253 e. The molecule has 1 aromatic carbocycles. The maximum Gasteiger partial charge on any atom is 0.253 e. The molecule has 0 radical (unpaired) electrons. The van der Waals surface area contributed by atoms with Crippen LogP contribution in [0.25, 0.3) is 0 Å². The molecular weight excluding hydrogens is 324 g/mol. The number of likely N-dealkylation sites (tertiary alicyclic amines) is 1. The monoisotopic (exact) mass is 354 g/mol. The Morgan fingerprint density at radius 1 is 1.25 bits per heavy atom. The Bertz CT molecular complexity index is 483. The largest absolute Gasteiger partial charge is 0.494 e. The standard InChI is InChI=1S/C19H30N2O2.ClH/c1-15(2)10-13-23-18-6-4-17(5-7-18)19(22)21-11-8-16(9-12-21)14-20-3;/h4-7,15-16,20H,8-14H2,1-3H3;1H. The lowest BCUT2D eigenvalue weighted by atomic mass is 9.96. The van der Waals surface area contributed by atoms with Gasteiger partial charge in [-0.3, -0.25) is 4.79 Å². The lowest BCUT2D eigenvalue weighted by molar-refractivity contribution is 0.0691. The van der Waals surface area contributed by atoms with E-state index in [4.69, 9.17) is 4.74 Å². The van der Waals surface area contributed by atoms with E-state index in [9.17, 15) is 4.79 Å². The molecule has 1 saturated heterocycles. The molecule has 1 amide bonds. The van der Waals surface area contributed by atoms with Crippen LogP contribution in [0.1, 0.15) is 43.5 Å². The SMILES string of the molecule is CNCC1CCN(C(=O)c2ccc(OCCC(C)C)cc2)CC1.Cl. The number of amides is 1. The Morgan fingerprint density at radius 3 is 2.42 bits per heavy atom. The van der Waals surface area contributed by atoms with E-state index < -0.39 is 0 Å². The lowest BCUT2D eigenvalue weighted by Gasteiger charge is -2.32. The van der Waals surface area contributed by atoms with Gasteiger partial charge in [0.05, 0.1) is 6.61 Å². The zero-order valence-corrected chi connectivity index (χ0v) is 15.9. The average Bonchev–Trinajstić information content (AvgIpc) is 2.55. The Labute approximate surface area is 152 Å². The van der Waals surface area contributed by atoms with Gasteiger partial charge in [0.25, 0.3) is 5.91 Å². The van der Waals surface area contributed by atoms with E-state index in [-0.39, 0.29) is 18.3 Å². The van der Waals surface area contributed by atoms with Crippen molar-refractivity contribution < 1.29 is 9.53 Å². The second kappa shape index (κ2) is 10.6. The van der Waals surface area contributed by atoms with Crippen LogP contribution >= 0.6 is 12.4 Å². The lowest BCUT2D eigenvalue weighted by Crippen LogP contribution is -2.40. The van der Waals surface area contributed by atoms with E-state index in [2.05, 4.69) is 19.2 Å². The average molecular weight is 355 g/mol. The second-order valence-electron chi connectivity index (χ2n) is 6.85. The van der Waals surface area contributed by atoms with Gasteiger partial charge in [0, 0.05) is 18.7 Å². The zero-order valence-electron chi connectivity index (χ0n) is 15.1. The third kappa shape index (κ3) is 6.33. The second-order valence-corrected chi connectivity index (χ2v) is 6.85. The minimum atomic E-state index is 0. The van der Waals surface area contributed by atoms with E-state index in [0.717, 1.165) is 56.8 Å². The van der Waals surface area contributed by atoms with Gasteiger partial charge in [0.2, 0.25) is 0 Å². The highest BCUT2D eigenvalue weighted by atomic mass is 35.5. The molecule has 1 aliphatic heterocycles. The van der Waals surface area contributed by atoms with Gasteiger partial charge in [-0.15, -0.1) is 12.4 Å². The fourth-order valence-electron chi connectivity index (χ4n) is 2.92. The van der Waals surface area contributed by atoms with Crippen LogP contribution < -0.4 is 10.1 Å². The van der Waals surface area contributed by atoms with E-state index in [1.54, 1.807) is 0 Å². The van der Waals surface area contributed by atoms with E-state index in [1.807, 2.05) is 36.2 Å². The zero-order chi connectivity index (χ0) is 16.7. The van der Waals surface area contributed by atoms with Crippen LogP contribution in [-0.4, -0.2) is 44.1 Å². The van der Waals surface area contributed by atoms with Crippen LogP contribution in [0.5, 0.6) is 5.75 Å². The molecule has 1 aromatic rings. The Morgan fingerprint density at radius 2 is 1.88 bits per heavy atom. The highest BCUT2D eigenvalue weighted by molar-refractivity contribution is 5.94. The topological polar surface area (TPSA) is 41.6 Å². The number of hydrogen-bond donors (Lipinski definition) is 1. The van der Waals surface area contributed by atoms with Crippen LogP contribution in [0.4, 0.5) is 0 Å². The number of benzene rings is 1. The number of rotatable bonds is 7. The number of nitrogens with one attached hydrogen (secondary N) is 1. The molecule has 1 fully saturated rings. The molecule has 0 bridgehead atoms. The van der Waals surface area contributed by atoms with Gasteiger partial charge in [0.1, 0.15) is 5.75 Å². The van der Waals surface area contributed by atoms with Gasteiger partial charge in [-0.25, -0.2) is 0 Å². The van der Waals surface area contributed by atoms with Crippen LogP contribution in [0, 0.1) is 11.8 Å². The Kier molecular flexibility index (Phi) is 9.16. The predicted octanol–water partition coefficient (Wildman–Crippen LogP) is 3.60. The van der Waals surface area contributed by atoms with Crippen molar-refractivity contribution >= 4 is 18.3 Å². The molecule has 0 aromatic heterocycles. The summed E-state index contributed by atoms with van der Waals surface area (Å²) in [6, 6.07) is 7.57. The summed E-state index contributed by atoms with van der Waals surface area (Å²) in [7, 11) is 1.99. The molecule has 24 heavy (non-hydrogen) atoms. The van der Waals surface area contributed by atoms with Crippen molar-refractivity contribution in [1.29, 1.82) is 0 Å². The highest BCUT2D eigenvalue weighted by Crippen LogP contribution is 2.20. The van der Waals surface area contributed by atoms with Crippen LogP contribution in [0.3, 0.4) is 0 Å². The summed E-state index contributed by atoms with van der Waals surface area (Å²) in [5.41, 5.74) is 0.758. The number of piperidine rings is 1. The van der Waals surface area contributed by atoms with Crippen molar-refractivity contribution in [3.05, 3.63) is 29.8 Å². The summed E-state index contributed by atoms with van der Waals surface area (Å²) in [6.07, 6.45) is 3.22. The number of carbonyl (C=O) groups excluding carboxylic acids is 1. The van der Waals surface area contributed by atoms with E-state index >= 15 is 0 Å². The molecule has 1 heterocycles. The van der Waals surface area contributed by atoms with Crippen molar-refractivity contribution in [2.24, 2.45) is 11.8 Å². The maximum atomic E-state index is 12.5. The van der Waals surface area contributed by atoms with E-state index in [0.29, 0.717) is 11.8 Å². The molecule has 0 atom stereocenters. The molecule has 1 N–H and O–H groups in total. The Balaban J connectivity index is 0.00000288. The van der Waals surface area contributed by atoms with Gasteiger partial charge in [-0.1, -0.05) is 13.8 Å². The molecule has 2 rings (SSSR count). The molecule has 4 nitrogen and oxygen atoms in total. The molecular formula is C19H31ClN2O2. The summed E-state index contributed by atoms with van der Waals surface area (Å²) >= 11 is 0. The van der Waals surface area contributed by atoms with Crippen molar-refractivity contribution in [1.82, 2.24) is 10.2 Å². The molecule has 5 heteroatoms. The number of nitrogens with zero attached hydrogens (tertiary/aromatic N) is 1. The minimum Gasteiger partial charge on any atom is -0.494 e. The van der Waals surface area contributed by atoms with Gasteiger partial charge in [-0.2, -0.15) is 0 Å². The first-order valence-electron chi connectivity index (χ1n) is 8.77. The molecule has 0 spiro atoms. The first-order valence-corrected chi connectivity index (χ1v) is 8.77. The fraction of sp³-hybridized carbons (Fsp3) is 0.632. The molecule has 0 unspecified atom stereocenters. The maximum absolute atomic E-state index is 12.5. The third-order valence-electron chi connectivity index (χ3n) is 4.46. The summed E-state index contributed by atoms with van der Waals surface area (Å²) < 4.78 is 5.71. The first-order chi connectivity index (χ1) is 11.1. The number of halogens is 1. The number of hydrogen-bond acceptors (Lipinski definition) is 3. The van der Waals surface area contributed by atoms with Crippen LogP contribution in [-0.2, 0) is 0 Å². The summed E-state index contributed by atoms with van der Waals surface area (Å²) in [6.45, 7) is 7.86. The minimum absolute atomic E-state index is 0. The van der Waals surface area contributed by atoms with Crippen molar-refractivity contribution in [3.8, 4) is 5.75 Å². The number of ether oxygens (including phenoxy) is 1. The summed E-state index contributed by atoms with van der Waals surface area (Å²) in [4.78, 5) is 14.5. The van der Waals surface area contributed by atoms with Crippen molar-refractivity contribution in [3.63, 3.8) is 0 Å².